The van der Waals surface area contributed by atoms with Gasteiger partial charge >= 0.3 is 0 Å². The van der Waals surface area contributed by atoms with Gasteiger partial charge in [-0.05, 0) is 43.0 Å². The Balaban J connectivity index is 1.51. The van der Waals surface area contributed by atoms with Crippen LogP contribution in [0.2, 0.25) is 0 Å². The van der Waals surface area contributed by atoms with Gasteiger partial charge in [0.25, 0.3) is 0 Å². The summed E-state index contributed by atoms with van der Waals surface area (Å²) in [4.78, 5) is 14.7. The van der Waals surface area contributed by atoms with Gasteiger partial charge in [0.05, 0.1) is 7.11 Å². The van der Waals surface area contributed by atoms with Crippen LogP contribution in [-0.4, -0.2) is 58.5 Å². The van der Waals surface area contributed by atoms with Crippen molar-refractivity contribution in [2.24, 2.45) is 5.92 Å². The zero-order chi connectivity index (χ0) is 16.8. The fourth-order valence-electron chi connectivity index (χ4n) is 3.27. The summed E-state index contributed by atoms with van der Waals surface area (Å²) in [7, 11) is 1.67. The fourth-order valence-corrected chi connectivity index (χ4v) is 3.27. The van der Waals surface area contributed by atoms with Crippen LogP contribution in [0.15, 0.2) is 24.3 Å². The molecule has 0 radical (unpaired) electrons. The number of methoxy groups -OCH3 is 1. The van der Waals surface area contributed by atoms with Crippen molar-refractivity contribution < 1.29 is 14.3 Å². The standard InChI is InChI=1S/C18H27N3O3/c1-23-16-4-2-15(3-5-16)21-9-8-19-17(13-21)18(22)20-12-14-6-10-24-11-7-14/h2-5,14,17,19H,6-13H2,1H3,(H,20,22)/t17-/m1/s1. The van der Waals surface area contributed by atoms with Gasteiger partial charge in [-0.1, -0.05) is 0 Å². The van der Waals surface area contributed by atoms with E-state index in [-0.39, 0.29) is 11.9 Å². The van der Waals surface area contributed by atoms with Crippen molar-refractivity contribution in [1.29, 1.82) is 0 Å². The molecule has 6 heteroatoms. The minimum atomic E-state index is -0.166. The van der Waals surface area contributed by atoms with Crippen LogP contribution in [0, 0.1) is 5.92 Å². The van der Waals surface area contributed by atoms with Gasteiger partial charge < -0.3 is 25.0 Å². The summed E-state index contributed by atoms with van der Waals surface area (Å²) >= 11 is 0. The van der Waals surface area contributed by atoms with Crippen molar-refractivity contribution >= 4 is 11.6 Å². The van der Waals surface area contributed by atoms with Gasteiger partial charge in [0, 0.05) is 45.1 Å². The van der Waals surface area contributed by atoms with Crippen LogP contribution < -0.4 is 20.3 Å². The second-order valence-corrected chi connectivity index (χ2v) is 6.45. The van der Waals surface area contributed by atoms with Crippen LogP contribution in [0.3, 0.4) is 0 Å². The molecular weight excluding hydrogens is 306 g/mol. The predicted octanol–water partition coefficient (Wildman–Crippen LogP) is 1.02. The Bertz CT molecular complexity index is 529. The summed E-state index contributed by atoms with van der Waals surface area (Å²) in [6.45, 7) is 4.77. The average molecular weight is 333 g/mol. The third kappa shape index (κ3) is 4.39. The molecule has 1 amide bonds. The van der Waals surface area contributed by atoms with Gasteiger partial charge in [-0.15, -0.1) is 0 Å². The summed E-state index contributed by atoms with van der Waals surface area (Å²) in [6, 6.07) is 7.83. The number of nitrogens with zero attached hydrogens (tertiary/aromatic N) is 1. The lowest BCUT2D eigenvalue weighted by Crippen LogP contribution is -2.57. The second kappa shape index (κ2) is 8.35. The van der Waals surface area contributed by atoms with E-state index in [1.165, 1.54) is 0 Å². The molecule has 0 aliphatic carbocycles. The van der Waals surface area contributed by atoms with E-state index >= 15 is 0 Å². The molecule has 2 aliphatic heterocycles. The number of benzene rings is 1. The van der Waals surface area contributed by atoms with Gasteiger partial charge in [-0.3, -0.25) is 4.79 Å². The molecule has 2 saturated heterocycles. The van der Waals surface area contributed by atoms with E-state index in [0.29, 0.717) is 12.5 Å². The molecule has 0 bridgehead atoms. The number of hydrogen-bond donors (Lipinski definition) is 2. The van der Waals surface area contributed by atoms with Crippen LogP contribution in [0.1, 0.15) is 12.8 Å². The van der Waals surface area contributed by atoms with Crippen LogP contribution in [0.5, 0.6) is 5.75 Å². The van der Waals surface area contributed by atoms with Crippen LogP contribution in [0.25, 0.3) is 0 Å². The highest BCUT2D eigenvalue weighted by Gasteiger charge is 2.26. The Kier molecular flexibility index (Phi) is 5.93. The molecule has 1 aromatic carbocycles. The quantitative estimate of drug-likeness (QED) is 0.842. The highest BCUT2D eigenvalue weighted by Crippen LogP contribution is 2.20. The van der Waals surface area contributed by atoms with Gasteiger partial charge in [0.1, 0.15) is 11.8 Å². The third-order valence-electron chi connectivity index (χ3n) is 4.84. The van der Waals surface area contributed by atoms with E-state index < -0.39 is 0 Å². The topological polar surface area (TPSA) is 62.8 Å². The summed E-state index contributed by atoms with van der Waals surface area (Å²) in [6.07, 6.45) is 2.08. The number of ether oxygens (including phenoxy) is 2. The highest BCUT2D eigenvalue weighted by atomic mass is 16.5. The molecule has 0 spiro atoms. The molecule has 1 atom stereocenters. The van der Waals surface area contributed by atoms with Crippen molar-refractivity contribution in [3.05, 3.63) is 24.3 Å². The Morgan fingerprint density at radius 1 is 1.33 bits per heavy atom. The smallest absolute Gasteiger partial charge is 0.238 e. The minimum absolute atomic E-state index is 0.0969. The fraction of sp³-hybridized carbons (Fsp3) is 0.611. The molecule has 1 aromatic rings. The molecule has 0 saturated carbocycles. The van der Waals surface area contributed by atoms with Crippen molar-refractivity contribution in [2.45, 2.75) is 18.9 Å². The van der Waals surface area contributed by atoms with E-state index in [0.717, 1.165) is 57.1 Å². The maximum atomic E-state index is 12.5. The van der Waals surface area contributed by atoms with Crippen LogP contribution in [0.4, 0.5) is 5.69 Å². The van der Waals surface area contributed by atoms with Crippen molar-refractivity contribution in [3.63, 3.8) is 0 Å². The number of hydrogen-bond acceptors (Lipinski definition) is 5. The molecular formula is C18H27N3O3. The molecule has 132 valence electrons. The normalized spacial score (nSPS) is 22.2. The van der Waals surface area contributed by atoms with E-state index in [9.17, 15) is 4.79 Å². The number of anilines is 1. The number of rotatable bonds is 5. The lowest BCUT2D eigenvalue weighted by molar-refractivity contribution is -0.123. The summed E-state index contributed by atoms with van der Waals surface area (Å²) < 4.78 is 10.6. The van der Waals surface area contributed by atoms with Gasteiger partial charge in [0.2, 0.25) is 5.91 Å². The SMILES string of the molecule is COc1ccc(N2CCN[C@@H](C(=O)NCC3CCOCC3)C2)cc1. The number of carbonyl (C=O) groups excluding carboxylic acids is 1. The van der Waals surface area contributed by atoms with Crippen LogP contribution in [-0.2, 0) is 9.53 Å². The number of carbonyl (C=O) groups is 1. The maximum Gasteiger partial charge on any atom is 0.238 e. The van der Waals surface area contributed by atoms with E-state index in [1.54, 1.807) is 7.11 Å². The van der Waals surface area contributed by atoms with E-state index in [2.05, 4.69) is 15.5 Å². The molecule has 2 N–H and O–H groups in total. The van der Waals surface area contributed by atoms with E-state index in [1.807, 2.05) is 24.3 Å². The number of amides is 1. The molecule has 0 unspecified atom stereocenters. The monoisotopic (exact) mass is 333 g/mol. The summed E-state index contributed by atoms with van der Waals surface area (Å²) in [5, 5.41) is 6.43. The average Bonchev–Trinajstić information content (AvgIpc) is 2.67. The molecule has 2 heterocycles. The zero-order valence-corrected chi connectivity index (χ0v) is 14.3. The van der Waals surface area contributed by atoms with Crippen molar-refractivity contribution in [1.82, 2.24) is 10.6 Å². The summed E-state index contributed by atoms with van der Waals surface area (Å²) in [5.41, 5.74) is 1.12. The van der Waals surface area contributed by atoms with Crippen LogP contribution >= 0.6 is 0 Å². The Labute approximate surface area is 143 Å². The molecule has 0 aromatic heterocycles. The first kappa shape index (κ1) is 17.0. The predicted molar refractivity (Wildman–Crippen MR) is 93.6 cm³/mol. The Morgan fingerprint density at radius 2 is 2.08 bits per heavy atom. The minimum Gasteiger partial charge on any atom is -0.497 e. The number of nitrogens with one attached hydrogen (secondary N) is 2. The highest BCUT2D eigenvalue weighted by molar-refractivity contribution is 5.82. The van der Waals surface area contributed by atoms with Gasteiger partial charge in [-0.25, -0.2) is 0 Å². The Hall–Kier alpha value is -1.79. The van der Waals surface area contributed by atoms with Gasteiger partial charge in [0.15, 0.2) is 0 Å². The zero-order valence-electron chi connectivity index (χ0n) is 14.3. The number of piperazine rings is 1. The molecule has 2 fully saturated rings. The first-order valence-electron chi connectivity index (χ1n) is 8.74. The van der Waals surface area contributed by atoms with Crippen molar-refractivity contribution in [2.75, 3.05) is 51.4 Å². The second-order valence-electron chi connectivity index (χ2n) is 6.45. The first-order chi connectivity index (χ1) is 11.8. The lowest BCUT2D eigenvalue weighted by Gasteiger charge is -2.35. The Morgan fingerprint density at radius 3 is 2.79 bits per heavy atom. The maximum absolute atomic E-state index is 12.5. The largest absolute Gasteiger partial charge is 0.497 e. The molecule has 2 aliphatic rings. The summed E-state index contributed by atoms with van der Waals surface area (Å²) in [5.74, 6) is 1.49. The van der Waals surface area contributed by atoms with Crippen molar-refractivity contribution in [3.8, 4) is 5.75 Å². The first-order valence-corrected chi connectivity index (χ1v) is 8.74. The molecule has 24 heavy (non-hydrogen) atoms. The third-order valence-corrected chi connectivity index (χ3v) is 4.84. The molecule has 3 rings (SSSR count). The van der Waals surface area contributed by atoms with Gasteiger partial charge in [-0.2, -0.15) is 0 Å². The lowest BCUT2D eigenvalue weighted by atomic mass is 10.0. The molecule has 6 nitrogen and oxygen atoms in total. The van der Waals surface area contributed by atoms with E-state index in [4.69, 9.17) is 9.47 Å².